The Morgan fingerprint density at radius 1 is 1.64 bits per heavy atom. The molecule has 0 radical (unpaired) electrons. The zero-order valence-electron chi connectivity index (χ0n) is 8.34. The van der Waals surface area contributed by atoms with E-state index >= 15 is 0 Å². The Labute approximate surface area is 84.3 Å². The van der Waals surface area contributed by atoms with Gasteiger partial charge in [-0.2, -0.15) is 5.26 Å². The minimum Gasteiger partial charge on any atom is -0.298 e. The zero-order valence-corrected chi connectivity index (χ0v) is 8.34. The minimum atomic E-state index is -0.847. The molecule has 2 aliphatic carbocycles. The van der Waals surface area contributed by atoms with Gasteiger partial charge in [0.25, 0.3) is 0 Å². The predicted octanol–water partition coefficient (Wildman–Crippen LogP) is 1.91. The molecular formula is C12H13NO. The van der Waals surface area contributed by atoms with Crippen LogP contribution in [0.3, 0.4) is 0 Å². The van der Waals surface area contributed by atoms with Gasteiger partial charge in [0.15, 0.2) is 5.78 Å². The third kappa shape index (κ3) is 0.751. The molecule has 14 heavy (non-hydrogen) atoms. The molecule has 0 saturated heterocycles. The Kier molecular flexibility index (Phi) is 1.73. The summed E-state index contributed by atoms with van der Waals surface area (Å²) >= 11 is 0. The van der Waals surface area contributed by atoms with Gasteiger partial charge in [-0.15, -0.1) is 6.42 Å². The number of rotatable bonds is 0. The van der Waals surface area contributed by atoms with Gasteiger partial charge in [-0.3, -0.25) is 4.79 Å². The lowest BCUT2D eigenvalue weighted by Gasteiger charge is -2.57. The molecule has 0 aromatic rings. The van der Waals surface area contributed by atoms with E-state index in [-0.39, 0.29) is 11.7 Å². The van der Waals surface area contributed by atoms with Crippen LogP contribution >= 0.6 is 0 Å². The van der Waals surface area contributed by atoms with Crippen molar-refractivity contribution in [1.82, 2.24) is 0 Å². The summed E-state index contributed by atoms with van der Waals surface area (Å²) in [4.78, 5) is 11.9. The first-order valence-corrected chi connectivity index (χ1v) is 5.03. The third-order valence-electron chi connectivity index (χ3n) is 4.03. The second-order valence-corrected chi connectivity index (χ2v) is 4.61. The molecule has 0 N–H and O–H groups in total. The number of Topliss-reactive ketones (excluding diaryl/α,β-unsaturated/α-hetero) is 1. The molecule has 2 fully saturated rings. The summed E-state index contributed by atoms with van der Waals surface area (Å²) in [5.41, 5.74) is -1.36. The fourth-order valence-corrected chi connectivity index (χ4v) is 3.14. The summed E-state index contributed by atoms with van der Waals surface area (Å²) in [6.45, 7) is 1.87. The first kappa shape index (κ1) is 9.28. The van der Waals surface area contributed by atoms with Gasteiger partial charge in [0, 0.05) is 6.42 Å². The van der Waals surface area contributed by atoms with Gasteiger partial charge in [-0.1, -0.05) is 5.92 Å². The van der Waals surface area contributed by atoms with Crippen LogP contribution in [0.1, 0.15) is 32.6 Å². The monoisotopic (exact) mass is 187 g/mol. The second kappa shape index (κ2) is 2.61. The van der Waals surface area contributed by atoms with Gasteiger partial charge in [-0.05, 0) is 32.1 Å². The number of carbonyl (C=O) groups is 1. The van der Waals surface area contributed by atoms with E-state index in [0.29, 0.717) is 6.42 Å². The molecule has 0 aromatic heterocycles. The standard InChI is InChI=1S/C12H13NO/c1-3-11(2)7-9-5-4-6-10(14)12(9,11)8-13/h1,9H,4-7H2,2H3. The van der Waals surface area contributed by atoms with Crippen molar-refractivity contribution in [3.8, 4) is 18.4 Å². The summed E-state index contributed by atoms with van der Waals surface area (Å²) in [5.74, 6) is 2.95. The molecule has 2 aliphatic rings. The maximum absolute atomic E-state index is 11.9. The highest BCUT2D eigenvalue weighted by Crippen LogP contribution is 2.64. The molecule has 0 heterocycles. The quantitative estimate of drug-likeness (QED) is 0.543. The molecule has 0 aliphatic heterocycles. The molecule has 0 bridgehead atoms. The van der Waals surface area contributed by atoms with Crippen molar-refractivity contribution in [1.29, 1.82) is 5.26 Å². The van der Waals surface area contributed by atoms with Crippen LogP contribution in [0.2, 0.25) is 0 Å². The Hall–Kier alpha value is -1.28. The van der Waals surface area contributed by atoms with Crippen molar-refractivity contribution in [3.63, 3.8) is 0 Å². The highest BCUT2D eigenvalue weighted by molar-refractivity contribution is 5.91. The van der Waals surface area contributed by atoms with E-state index in [9.17, 15) is 10.1 Å². The molecular weight excluding hydrogens is 174 g/mol. The van der Waals surface area contributed by atoms with Gasteiger partial charge in [-0.25, -0.2) is 0 Å². The topological polar surface area (TPSA) is 40.9 Å². The SMILES string of the molecule is C#CC1(C)CC2CCCC(=O)C21C#N. The molecule has 2 rings (SSSR count). The van der Waals surface area contributed by atoms with E-state index in [4.69, 9.17) is 6.42 Å². The average Bonchev–Trinajstić information content (AvgIpc) is 2.16. The molecule has 0 spiro atoms. The first-order valence-electron chi connectivity index (χ1n) is 5.03. The largest absolute Gasteiger partial charge is 0.298 e. The van der Waals surface area contributed by atoms with Crippen molar-refractivity contribution in [2.75, 3.05) is 0 Å². The van der Waals surface area contributed by atoms with Crippen molar-refractivity contribution >= 4 is 5.78 Å². The molecule has 2 nitrogen and oxygen atoms in total. The number of terminal acetylenes is 1. The number of nitriles is 1. The Bertz CT molecular complexity index is 373. The lowest BCUT2D eigenvalue weighted by molar-refractivity contribution is -0.152. The summed E-state index contributed by atoms with van der Waals surface area (Å²) in [7, 11) is 0. The fraction of sp³-hybridized carbons (Fsp3) is 0.667. The number of nitrogens with zero attached hydrogens (tertiary/aromatic N) is 1. The van der Waals surface area contributed by atoms with Gasteiger partial charge in [0.05, 0.1) is 11.5 Å². The Morgan fingerprint density at radius 3 is 2.86 bits per heavy atom. The zero-order chi connectivity index (χ0) is 10.4. The van der Waals surface area contributed by atoms with Crippen LogP contribution in [0.5, 0.6) is 0 Å². The molecule has 2 saturated carbocycles. The molecule has 72 valence electrons. The normalized spacial score (nSPS) is 45.6. The lowest BCUT2D eigenvalue weighted by atomic mass is 9.41. The van der Waals surface area contributed by atoms with Gasteiger partial charge >= 0.3 is 0 Å². The maximum Gasteiger partial charge on any atom is 0.154 e. The molecule has 2 heteroatoms. The maximum atomic E-state index is 11.9. The lowest BCUT2D eigenvalue weighted by Crippen LogP contribution is -2.61. The van der Waals surface area contributed by atoms with Crippen LogP contribution in [0, 0.1) is 40.4 Å². The molecule has 3 atom stereocenters. The average molecular weight is 187 g/mol. The van der Waals surface area contributed by atoms with Crippen molar-refractivity contribution in [2.45, 2.75) is 32.6 Å². The minimum absolute atomic E-state index is 0.0722. The summed E-state index contributed by atoms with van der Waals surface area (Å²) in [5, 5.41) is 9.24. The first-order chi connectivity index (χ1) is 6.60. The number of ketones is 1. The van der Waals surface area contributed by atoms with Crippen molar-refractivity contribution < 1.29 is 4.79 Å². The Morgan fingerprint density at radius 2 is 2.36 bits per heavy atom. The van der Waals surface area contributed by atoms with Crippen LogP contribution in [-0.4, -0.2) is 5.78 Å². The van der Waals surface area contributed by atoms with Crippen molar-refractivity contribution in [3.05, 3.63) is 0 Å². The van der Waals surface area contributed by atoms with Gasteiger partial charge in [0.2, 0.25) is 0 Å². The third-order valence-corrected chi connectivity index (χ3v) is 4.03. The molecule has 0 amide bonds. The van der Waals surface area contributed by atoms with Crippen molar-refractivity contribution in [2.24, 2.45) is 16.7 Å². The van der Waals surface area contributed by atoms with Crippen LogP contribution in [0.4, 0.5) is 0 Å². The van der Waals surface area contributed by atoms with E-state index in [0.717, 1.165) is 19.3 Å². The summed E-state index contributed by atoms with van der Waals surface area (Å²) < 4.78 is 0. The number of hydrogen-bond donors (Lipinski definition) is 0. The van der Waals surface area contributed by atoms with E-state index in [2.05, 4.69) is 12.0 Å². The number of fused-ring (bicyclic) bond motifs is 1. The summed E-state index contributed by atoms with van der Waals surface area (Å²) in [6.07, 6.45) is 8.72. The molecule has 3 unspecified atom stereocenters. The van der Waals surface area contributed by atoms with Gasteiger partial charge in [0.1, 0.15) is 5.41 Å². The molecule has 0 aromatic carbocycles. The smallest absolute Gasteiger partial charge is 0.154 e. The second-order valence-electron chi connectivity index (χ2n) is 4.61. The predicted molar refractivity (Wildman–Crippen MR) is 52.0 cm³/mol. The summed E-state index contributed by atoms with van der Waals surface area (Å²) in [6, 6.07) is 2.22. The van der Waals surface area contributed by atoms with E-state index in [1.54, 1.807) is 0 Å². The van der Waals surface area contributed by atoms with Crippen LogP contribution in [0.15, 0.2) is 0 Å². The van der Waals surface area contributed by atoms with Crippen LogP contribution < -0.4 is 0 Å². The van der Waals surface area contributed by atoms with Crippen LogP contribution in [0.25, 0.3) is 0 Å². The highest BCUT2D eigenvalue weighted by atomic mass is 16.1. The number of hydrogen-bond acceptors (Lipinski definition) is 2. The van der Waals surface area contributed by atoms with E-state index in [1.807, 2.05) is 6.92 Å². The van der Waals surface area contributed by atoms with E-state index in [1.165, 1.54) is 0 Å². The fourth-order valence-electron chi connectivity index (χ4n) is 3.14. The van der Waals surface area contributed by atoms with Crippen LogP contribution in [-0.2, 0) is 4.79 Å². The number of carbonyl (C=O) groups excluding carboxylic acids is 1. The van der Waals surface area contributed by atoms with Gasteiger partial charge < -0.3 is 0 Å². The highest BCUT2D eigenvalue weighted by Gasteiger charge is 2.67. The Balaban J connectivity index is 2.46. The van der Waals surface area contributed by atoms with E-state index < -0.39 is 10.8 Å².